The number of Topliss-reactive ketones (excluding diaryl/α,β-unsaturated/α-hetero) is 1. The highest BCUT2D eigenvalue weighted by Crippen LogP contribution is 2.45. The maximum atomic E-state index is 12.7. The van der Waals surface area contributed by atoms with E-state index in [0.29, 0.717) is 27.8 Å². The SMILES string of the molecule is COc1cc(OC)c2c(c1I)OC(=Cc1ccc(Cl)cc1)C2=O. The summed E-state index contributed by atoms with van der Waals surface area (Å²) in [6.45, 7) is 0. The Kier molecular flexibility index (Phi) is 4.50. The van der Waals surface area contributed by atoms with Crippen molar-refractivity contribution in [3.8, 4) is 17.2 Å². The quantitative estimate of drug-likeness (QED) is 0.516. The molecule has 0 fully saturated rings. The Labute approximate surface area is 152 Å². The van der Waals surface area contributed by atoms with Gasteiger partial charge in [0.1, 0.15) is 17.1 Å². The number of fused-ring (bicyclic) bond motifs is 1. The maximum Gasteiger partial charge on any atom is 0.235 e. The molecule has 118 valence electrons. The number of allylic oxidation sites excluding steroid dienone is 1. The number of carbonyl (C=O) groups excluding carboxylic acids is 1. The molecule has 1 aliphatic rings. The zero-order valence-electron chi connectivity index (χ0n) is 12.4. The van der Waals surface area contributed by atoms with Crippen LogP contribution >= 0.6 is 34.2 Å². The molecule has 1 heterocycles. The summed E-state index contributed by atoms with van der Waals surface area (Å²) in [5.41, 5.74) is 1.24. The molecule has 0 N–H and O–H groups in total. The lowest BCUT2D eigenvalue weighted by molar-refractivity contribution is 0.101. The van der Waals surface area contributed by atoms with Crippen molar-refractivity contribution in [1.29, 1.82) is 0 Å². The predicted molar refractivity (Wildman–Crippen MR) is 96.7 cm³/mol. The Hall–Kier alpha value is -1.73. The van der Waals surface area contributed by atoms with Crippen LogP contribution in [0.3, 0.4) is 0 Å². The fraction of sp³-hybridized carbons (Fsp3) is 0.118. The molecule has 2 aromatic rings. The number of ketones is 1. The van der Waals surface area contributed by atoms with Gasteiger partial charge >= 0.3 is 0 Å². The zero-order valence-corrected chi connectivity index (χ0v) is 15.3. The molecule has 0 spiro atoms. The summed E-state index contributed by atoms with van der Waals surface area (Å²) in [5.74, 6) is 1.52. The van der Waals surface area contributed by atoms with Crippen molar-refractivity contribution < 1.29 is 19.0 Å². The average Bonchev–Trinajstić information content (AvgIpc) is 2.88. The highest BCUT2D eigenvalue weighted by molar-refractivity contribution is 14.1. The lowest BCUT2D eigenvalue weighted by Crippen LogP contribution is -2.00. The topological polar surface area (TPSA) is 44.8 Å². The Bertz CT molecular complexity index is 812. The number of methoxy groups -OCH3 is 2. The molecule has 23 heavy (non-hydrogen) atoms. The number of benzene rings is 2. The molecule has 6 heteroatoms. The standard InChI is InChI=1S/C17H12ClIO4/c1-21-11-8-12(22-2)15(19)17-14(11)16(20)13(23-17)7-9-3-5-10(18)6-4-9/h3-8H,1-2H3. The molecule has 4 nitrogen and oxygen atoms in total. The van der Waals surface area contributed by atoms with Gasteiger partial charge in [-0.25, -0.2) is 0 Å². The molecular formula is C17H12ClIO4. The summed E-state index contributed by atoms with van der Waals surface area (Å²) in [4.78, 5) is 12.7. The number of rotatable bonds is 3. The van der Waals surface area contributed by atoms with Crippen LogP contribution in [0.1, 0.15) is 15.9 Å². The van der Waals surface area contributed by atoms with Crippen LogP contribution in [0.5, 0.6) is 17.2 Å². The molecule has 3 rings (SSSR count). The third-order valence-corrected chi connectivity index (χ3v) is 4.70. The van der Waals surface area contributed by atoms with Gasteiger partial charge in [0, 0.05) is 11.1 Å². The lowest BCUT2D eigenvalue weighted by atomic mass is 10.1. The number of hydrogen-bond acceptors (Lipinski definition) is 4. The van der Waals surface area contributed by atoms with Crippen LogP contribution in [0.15, 0.2) is 36.1 Å². The van der Waals surface area contributed by atoms with Crippen molar-refractivity contribution in [2.75, 3.05) is 14.2 Å². The van der Waals surface area contributed by atoms with Crippen LogP contribution in [0, 0.1) is 3.57 Å². The second-order valence-electron chi connectivity index (χ2n) is 4.79. The van der Waals surface area contributed by atoms with E-state index in [1.54, 1.807) is 31.4 Å². The van der Waals surface area contributed by atoms with E-state index >= 15 is 0 Å². The van der Waals surface area contributed by atoms with E-state index in [1.165, 1.54) is 7.11 Å². The number of hydrogen-bond donors (Lipinski definition) is 0. The normalized spacial score (nSPS) is 14.6. The molecule has 0 saturated carbocycles. The fourth-order valence-corrected chi connectivity index (χ4v) is 3.18. The average molecular weight is 443 g/mol. The van der Waals surface area contributed by atoms with Crippen molar-refractivity contribution in [1.82, 2.24) is 0 Å². The van der Waals surface area contributed by atoms with Crippen molar-refractivity contribution in [3.05, 3.63) is 55.8 Å². The van der Waals surface area contributed by atoms with E-state index in [4.69, 9.17) is 25.8 Å². The minimum absolute atomic E-state index is 0.215. The highest BCUT2D eigenvalue weighted by atomic mass is 127. The number of carbonyl (C=O) groups is 1. The molecule has 0 bridgehead atoms. The third-order valence-electron chi connectivity index (χ3n) is 3.42. The molecule has 0 aliphatic carbocycles. The van der Waals surface area contributed by atoms with Gasteiger partial charge in [-0.1, -0.05) is 23.7 Å². The number of ether oxygens (including phenoxy) is 3. The summed E-state index contributed by atoms with van der Waals surface area (Å²) >= 11 is 7.97. The van der Waals surface area contributed by atoms with Crippen molar-refractivity contribution in [2.24, 2.45) is 0 Å². The van der Waals surface area contributed by atoms with Gasteiger partial charge in [0.05, 0.1) is 17.8 Å². The van der Waals surface area contributed by atoms with E-state index in [-0.39, 0.29) is 11.5 Å². The van der Waals surface area contributed by atoms with Gasteiger partial charge in [-0.3, -0.25) is 4.79 Å². The summed E-state index contributed by atoms with van der Waals surface area (Å²) in [6.07, 6.45) is 1.68. The van der Waals surface area contributed by atoms with Crippen LogP contribution < -0.4 is 14.2 Å². The smallest absolute Gasteiger partial charge is 0.235 e. The Morgan fingerprint density at radius 3 is 2.39 bits per heavy atom. The molecule has 0 atom stereocenters. The Balaban J connectivity index is 2.08. The van der Waals surface area contributed by atoms with E-state index in [2.05, 4.69) is 22.6 Å². The molecule has 0 unspecified atom stereocenters. The maximum absolute atomic E-state index is 12.7. The van der Waals surface area contributed by atoms with Gasteiger partial charge in [0.25, 0.3) is 0 Å². The van der Waals surface area contributed by atoms with Crippen molar-refractivity contribution in [2.45, 2.75) is 0 Å². The molecule has 0 amide bonds. The van der Waals surface area contributed by atoms with Gasteiger partial charge in [-0.2, -0.15) is 0 Å². The fourth-order valence-electron chi connectivity index (χ4n) is 2.29. The first-order valence-electron chi connectivity index (χ1n) is 6.69. The van der Waals surface area contributed by atoms with Gasteiger partial charge in [0.15, 0.2) is 11.5 Å². The molecule has 0 saturated heterocycles. The zero-order chi connectivity index (χ0) is 16.6. The minimum Gasteiger partial charge on any atom is -0.496 e. The molecular weight excluding hydrogens is 431 g/mol. The Morgan fingerprint density at radius 2 is 1.78 bits per heavy atom. The van der Waals surface area contributed by atoms with E-state index in [0.717, 1.165) is 9.13 Å². The van der Waals surface area contributed by atoms with E-state index in [9.17, 15) is 4.79 Å². The molecule has 1 aliphatic heterocycles. The van der Waals surface area contributed by atoms with Crippen LogP contribution in [-0.2, 0) is 0 Å². The lowest BCUT2D eigenvalue weighted by Gasteiger charge is -2.10. The van der Waals surface area contributed by atoms with Gasteiger partial charge < -0.3 is 14.2 Å². The monoisotopic (exact) mass is 442 g/mol. The Morgan fingerprint density at radius 1 is 1.13 bits per heavy atom. The van der Waals surface area contributed by atoms with Gasteiger partial charge in [-0.05, 0) is 46.4 Å². The van der Waals surface area contributed by atoms with Crippen LogP contribution in [0.4, 0.5) is 0 Å². The van der Waals surface area contributed by atoms with Crippen LogP contribution in [0.2, 0.25) is 5.02 Å². The molecule has 2 aromatic carbocycles. The van der Waals surface area contributed by atoms with Crippen LogP contribution in [-0.4, -0.2) is 20.0 Å². The minimum atomic E-state index is -0.215. The van der Waals surface area contributed by atoms with Gasteiger partial charge in [0.2, 0.25) is 5.78 Å². The van der Waals surface area contributed by atoms with Crippen molar-refractivity contribution >= 4 is 46.1 Å². The van der Waals surface area contributed by atoms with Crippen molar-refractivity contribution in [3.63, 3.8) is 0 Å². The summed E-state index contributed by atoms with van der Waals surface area (Å²) in [7, 11) is 3.07. The molecule has 0 radical (unpaired) electrons. The second kappa shape index (κ2) is 6.41. The summed E-state index contributed by atoms with van der Waals surface area (Å²) < 4.78 is 17.1. The molecule has 0 aromatic heterocycles. The van der Waals surface area contributed by atoms with E-state index < -0.39 is 0 Å². The highest BCUT2D eigenvalue weighted by Gasteiger charge is 2.34. The van der Waals surface area contributed by atoms with E-state index in [1.807, 2.05) is 12.1 Å². The summed E-state index contributed by atoms with van der Waals surface area (Å²) in [5, 5.41) is 0.634. The van der Waals surface area contributed by atoms with Crippen LogP contribution in [0.25, 0.3) is 6.08 Å². The third kappa shape index (κ3) is 2.90. The first kappa shape index (κ1) is 16.1. The first-order chi connectivity index (χ1) is 11.0. The number of halogens is 2. The largest absolute Gasteiger partial charge is 0.496 e. The van der Waals surface area contributed by atoms with Gasteiger partial charge in [-0.15, -0.1) is 0 Å². The predicted octanol–water partition coefficient (Wildman–Crippen LogP) is 4.58. The summed E-state index contributed by atoms with van der Waals surface area (Å²) in [6, 6.07) is 8.84. The first-order valence-corrected chi connectivity index (χ1v) is 8.15. The second-order valence-corrected chi connectivity index (χ2v) is 6.31.